The van der Waals surface area contributed by atoms with Crippen molar-refractivity contribution in [2.24, 2.45) is 23.2 Å². The predicted molar refractivity (Wildman–Crippen MR) is 87.6 cm³/mol. The van der Waals surface area contributed by atoms with E-state index in [-0.39, 0.29) is 5.41 Å². The van der Waals surface area contributed by atoms with Gasteiger partial charge in [0, 0.05) is 12.2 Å². The average Bonchev–Trinajstić information content (AvgIpc) is 3.00. The monoisotopic (exact) mass is 293 g/mol. The Kier molecular flexibility index (Phi) is 2.49. The maximum atomic E-state index is 13.5. The summed E-state index contributed by atoms with van der Waals surface area (Å²) in [6.45, 7) is 3.18. The molecule has 4 atom stereocenters. The van der Waals surface area contributed by atoms with Crippen LogP contribution in [0.3, 0.4) is 0 Å². The van der Waals surface area contributed by atoms with Gasteiger partial charge >= 0.3 is 0 Å². The van der Waals surface area contributed by atoms with Gasteiger partial charge in [0.25, 0.3) is 0 Å². The summed E-state index contributed by atoms with van der Waals surface area (Å²) in [5, 5.41) is 0. The molecule has 4 aliphatic rings. The zero-order valence-corrected chi connectivity index (χ0v) is 13.2. The molecule has 0 N–H and O–H groups in total. The van der Waals surface area contributed by atoms with Crippen LogP contribution in [0.5, 0.6) is 0 Å². The standard InChI is InChI=1S/C20H23NO/c1-13-8-15-9-16-11-20(10-13,12-17(15)16)19(22)21-7-6-14-4-2-3-5-18(14)21/h2-5,8,13,16-17H,6-7,9-12H2,1H3. The number of rotatable bonds is 1. The van der Waals surface area contributed by atoms with Gasteiger partial charge in [-0.25, -0.2) is 0 Å². The first-order chi connectivity index (χ1) is 10.7. The Morgan fingerprint density at radius 3 is 3.00 bits per heavy atom. The van der Waals surface area contributed by atoms with Crippen molar-refractivity contribution in [3.05, 3.63) is 41.5 Å². The van der Waals surface area contributed by atoms with Crippen LogP contribution in [0.25, 0.3) is 0 Å². The molecule has 2 bridgehead atoms. The normalized spacial score (nSPS) is 38.1. The lowest BCUT2D eigenvalue weighted by molar-refractivity contribution is -0.128. The summed E-state index contributed by atoms with van der Waals surface area (Å²) in [5.41, 5.74) is 4.09. The summed E-state index contributed by atoms with van der Waals surface area (Å²) < 4.78 is 0. The number of carbonyl (C=O) groups is 1. The lowest BCUT2D eigenvalue weighted by Crippen LogP contribution is -2.43. The summed E-state index contributed by atoms with van der Waals surface area (Å²) in [5.74, 6) is 2.50. The van der Waals surface area contributed by atoms with E-state index in [1.807, 2.05) is 0 Å². The molecule has 3 aliphatic carbocycles. The molecule has 0 aromatic heterocycles. The lowest BCUT2D eigenvalue weighted by atomic mass is 9.69. The van der Waals surface area contributed by atoms with Crippen molar-refractivity contribution in [2.75, 3.05) is 11.4 Å². The van der Waals surface area contributed by atoms with Gasteiger partial charge in [0.1, 0.15) is 0 Å². The first-order valence-corrected chi connectivity index (χ1v) is 8.77. The molecule has 2 fully saturated rings. The van der Waals surface area contributed by atoms with Crippen molar-refractivity contribution in [3.63, 3.8) is 0 Å². The Morgan fingerprint density at radius 1 is 1.23 bits per heavy atom. The maximum Gasteiger partial charge on any atom is 0.233 e. The molecule has 1 heterocycles. The first kappa shape index (κ1) is 12.9. The molecular weight excluding hydrogens is 270 g/mol. The summed E-state index contributed by atoms with van der Waals surface area (Å²) in [6.07, 6.45) is 8.07. The highest BCUT2D eigenvalue weighted by molar-refractivity contribution is 5.99. The quantitative estimate of drug-likeness (QED) is 0.718. The second-order valence-electron chi connectivity index (χ2n) is 8.02. The summed E-state index contributed by atoms with van der Waals surface area (Å²) in [7, 11) is 0. The Labute approximate surface area is 132 Å². The molecule has 0 saturated heterocycles. The molecule has 1 aromatic carbocycles. The van der Waals surface area contributed by atoms with E-state index < -0.39 is 0 Å². The van der Waals surface area contributed by atoms with Gasteiger partial charge in [-0.2, -0.15) is 0 Å². The molecular formula is C20H23NO. The van der Waals surface area contributed by atoms with Crippen molar-refractivity contribution in [1.29, 1.82) is 0 Å². The van der Waals surface area contributed by atoms with Crippen LogP contribution in [0.15, 0.2) is 35.9 Å². The maximum absolute atomic E-state index is 13.5. The number of hydrogen-bond acceptors (Lipinski definition) is 1. The Hall–Kier alpha value is -1.57. The molecule has 2 heteroatoms. The second kappa shape index (κ2) is 4.24. The van der Waals surface area contributed by atoms with Crippen molar-refractivity contribution < 1.29 is 4.79 Å². The minimum atomic E-state index is -0.0824. The highest BCUT2D eigenvalue weighted by Gasteiger charge is 2.58. The van der Waals surface area contributed by atoms with Crippen molar-refractivity contribution in [3.8, 4) is 0 Å². The fourth-order valence-corrected chi connectivity index (χ4v) is 5.75. The minimum Gasteiger partial charge on any atom is -0.311 e. The van der Waals surface area contributed by atoms with E-state index in [2.05, 4.69) is 42.2 Å². The highest BCUT2D eigenvalue weighted by atomic mass is 16.2. The third-order valence-electron chi connectivity index (χ3n) is 6.60. The number of benzene rings is 1. The van der Waals surface area contributed by atoms with Gasteiger partial charge < -0.3 is 4.90 Å². The van der Waals surface area contributed by atoms with Crippen LogP contribution in [0.4, 0.5) is 5.69 Å². The van der Waals surface area contributed by atoms with Crippen LogP contribution in [0.1, 0.15) is 38.2 Å². The van der Waals surface area contributed by atoms with Gasteiger partial charge in [-0.1, -0.05) is 36.8 Å². The van der Waals surface area contributed by atoms with Crippen molar-refractivity contribution in [1.82, 2.24) is 0 Å². The lowest BCUT2D eigenvalue weighted by Gasteiger charge is -2.37. The van der Waals surface area contributed by atoms with Crippen LogP contribution in [0, 0.1) is 23.2 Å². The van der Waals surface area contributed by atoms with E-state index in [0.29, 0.717) is 11.8 Å². The number of allylic oxidation sites excluding steroid dienone is 2. The third-order valence-corrected chi connectivity index (χ3v) is 6.60. The molecule has 4 unspecified atom stereocenters. The highest BCUT2D eigenvalue weighted by Crippen LogP contribution is 2.63. The summed E-state index contributed by atoms with van der Waals surface area (Å²) >= 11 is 0. The van der Waals surface area contributed by atoms with E-state index in [9.17, 15) is 4.79 Å². The number of carbonyl (C=O) groups excluding carboxylic acids is 1. The number of anilines is 1. The van der Waals surface area contributed by atoms with Crippen molar-refractivity contribution in [2.45, 2.75) is 39.0 Å². The number of amides is 1. The molecule has 22 heavy (non-hydrogen) atoms. The zero-order chi connectivity index (χ0) is 14.9. The van der Waals surface area contributed by atoms with Crippen LogP contribution >= 0.6 is 0 Å². The Morgan fingerprint density at radius 2 is 2.09 bits per heavy atom. The second-order valence-corrected chi connectivity index (χ2v) is 8.02. The van der Waals surface area contributed by atoms with E-state index in [0.717, 1.165) is 44.1 Å². The molecule has 1 amide bonds. The number of hydrogen-bond donors (Lipinski definition) is 0. The van der Waals surface area contributed by atoms with E-state index in [1.165, 1.54) is 17.7 Å². The third kappa shape index (κ3) is 1.59. The topological polar surface area (TPSA) is 20.3 Å². The SMILES string of the molecule is CC1C=C2CC3CC(C(=O)N4CCc5ccccc54)(C1)CC23. The van der Waals surface area contributed by atoms with Gasteiger partial charge in [0.05, 0.1) is 5.41 Å². The van der Waals surface area contributed by atoms with Gasteiger partial charge in [0.15, 0.2) is 0 Å². The molecule has 1 aliphatic heterocycles. The molecule has 2 saturated carbocycles. The minimum absolute atomic E-state index is 0.0824. The van der Waals surface area contributed by atoms with Gasteiger partial charge in [-0.15, -0.1) is 0 Å². The van der Waals surface area contributed by atoms with Gasteiger partial charge in [-0.05, 0) is 61.5 Å². The van der Waals surface area contributed by atoms with Gasteiger partial charge in [0.2, 0.25) is 5.91 Å². The largest absolute Gasteiger partial charge is 0.311 e. The fourth-order valence-electron chi connectivity index (χ4n) is 5.75. The zero-order valence-electron chi connectivity index (χ0n) is 13.2. The molecule has 5 rings (SSSR count). The number of nitrogens with zero attached hydrogens (tertiary/aromatic N) is 1. The average molecular weight is 293 g/mol. The molecule has 0 spiro atoms. The van der Waals surface area contributed by atoms with Gasteiger partial charge in [-0.3, -0.25) is 4.79 Å². The smallest absolute Gasteiger partial charge is 0.233 e. The summed E-state index contributed by atoms with van der Waals surface area (Å²) in [4.78, 5) is 15.6. The number of fused-ring (bicyclic) bond motifs is 2. The molecule has 2 nitrogen and oxygen atoms in total. The van der Waals surface area contributed by atoms with E-state index >= 15 is 0 Å². The Balaban J connectivity index is 1.51. The van der Waals surface area contributed by atoms with Crippen LogP contribution in [-0.4, -0.2) is 12.5 Å². The fraction of sp³-hybridized carbons (Fsp3) is 0.550. The van der Waals surface area contributed by atoms with Crippen LogP contribution in [0.2, 0.25) is 0 Å². The predicted octanol–water partition coefficient (Wildman–Crippen LogP) is 3.96. The van der Waals surface area contributed by atoms with E-state index in [4.69, 9.17) is 0 Å². The van der Waals surface area contributed by atoms with Crippen molar-refractivity contribution >= 4 is 11.6 Å². The first-order valence-electron chi connectivity index (χ1n) is 8.77. The molecule has 1 aromatic rings. The molecule has 114 valence electrons. The van der Waals surface area contributed by atoms with E-state index in [1.54, 1.807) is 5.57 Å². The van der Waals surface area contributed by atoms with Crippen LogP contribution in [-0.2, 0) is 11.2 Å². The number of para-hydroxylation sites is 1. The summed E-state index contributed by atoms with van der Waals surface area (Å²) in [6, 6.07) is 8.46. The van der Waals surface area contributed by atoms with Crippen LogP contribution < -0.4 is 4.90 Å². The molecule has 0 radical (unpaired) electrons. The Bertz CT molecular complexity index is 691.